The minimum Gasteiger partial charge on any atom is -0.354 e. The molecule has 4 aromatic rings. The first-order chi connectivity index (χ1) is 20.8. The first-order valence-corrected chi connectivity index (χ1v) is 17.2. The van der Waals surface area contributed by atoms with Crippen molar-refractivity contribution < 1.29 is 25.9 Å². The number of aromatic nitrogens is 2. The number of rotatable bonds is 5. The second kappa shape index (κ2) is 14.4. The van der Waals surface area contributed by atoms with Crippen molar-refractivity contribution in [1.29, 1.82) is 0 Å². The Morgan fingerprint density at radius 2 is 1.14 bits per heavy atom. The average molecular weight is 639 g/mol. The van der Waals surface area contributed by atoms with Gasteiger partial charge in [-0.25, -0.2) is 0 Å². The van der Waals surface area contributed by atoms with Crippen LogP contribution in [0.1, 0.15) is 18.1 Å². The molecule has 2 atom stereocenters. The van der Waals surface area contributed by atoms with Crippen LogP contribution in [-0.4, -0.2) is 73.8 Å². The number of hydrogen-bond acceptors (Lipinski definition) is 8. The van der Waals surface area contributed by atoms with Crippen molar-refractivity contribution in [3.8, 4) is 11.3 Å². The molecule has 3 heterocycles. The van der Waals surface area contributed by atoms with Crippen LogP contribution >= 0.6 is 0 Å². The Hall–Kier alpha value is -3.68. The Kier molecular flexibility index (Phi) is 10.9. The lowest BCUT2D eigenvalue weighted by molar-refractivity contribution is 0.334. The van der Waals surface area contributed by atoms with E-state index in [1.54, 1.807) is 24.3 Å². The summed E-state index contributed by atoms with van der Waals surface area (Å²) in [5, 5.41) is 8.88. The van der Waals surface area contributed by atoms with Gasteiger partial charge >= 0.3 is 0 Å². The van der Waals surface area contributed by atoms with Gasteiger partial charge in [0.25, 0.3) is 20.2 Å². The van der Waals surface area contributed by atoms with Crippen molar-refractivity contribution >= 4 is 26.1 Å². The predicted octanol–water partition coefficient (Wildman–Crippen LogP) is 5.01. The van der Waals surface area contributed by atoms with Gasteiger partial charge in [-0.1, -0.05) is 72.6 Å². The molecule has 2 N–H and O–H groups in total. The quantitative estimate of drug-likeness (QED) is 0.287. The van der Waals surface area contributed by atoms with E-state index in [0.29, 0.717) is 0 Å². The first kappa shape index (κ1) is 33.2. The Morgan fingerprint density at radius 3 is 1.52 bits per heavy atom. The van der Waals surface area contributed by atoms with Crippen molar-refractivity contribution in [1.82, 2.24) is 15.1 Å². The van der Waals surface area contributed by atoms with Crippen LogP contribution in [0.4, 0.5) is 5.82 Å². The monoisotopic (exact) mass is 638 g/mol. The van der Waals surface area contributed by atoms with Crippen molar-refractivity contribution in [2.45, 2.75) is 30.6 Å². The summed E-state index contributed by atoms with van der Waals surface area (Å²) < 4.78 is 59.1. The fourth-order valence-electron chi connectivity index (χ4n) is 5.21. The van der Waals surface area contributed by atoms with Gasteiger partial charge in [-0.2, -0.15) is 16.8 Å². The topological polar surface area (TPSA) is 141 Å². The Balaban J connectivity index is 0.000000169. The molecule has 10 nitrogen and oxygen atoms in total. The molecule has 0 aliphatic carbocycles. The average Bonchev–Trinajstić information content (AvgIpc) is 3.58. The van der Waals surface area contributed by atoms with Crippen LogP contribution in [0.25, 0.3) is 11.3 Å². The van der Waals surface area contributed by atoms with Crippen LogP contribution in [0.2, 0.25) is 0 Å². The van der Waals surface area contributed by atoms with Crippen LogP contribution in [0.15, 0.2) is 101 Å². The van der Waals surface area contributed by atoms with Gasteiger partial charge in [-0.15, -0.1) is 10.2 Å². The van der Waals surface area contributed by atoms with Crippen molar-refractivity contribution in [2.75, 3.05) is 37.6 Å². The predicted molar refractivity (Wildman–Crippen MR) is 171 cm³/mol. The van der Waals surface area contributed by atoms with E-state index in [2.05, 4.69) is 51.2 Å². The molecule has 2 aliphatic heterocycles. The lowest BCUT2D eigenvalue weighted by Crippen LogP contribution is -2.29. The van der Waals surface area contributed by atoms with E-state index in [9.17, 15) is 16.8 Å². The molecule has 0 radical (unpaired) electrons. The van der Waals surface area contributed by atoms with Crippen molar-refractivity contribution in [3.63, 3.8) is 0 Å². The molecule has 234 valence electrons. The van der Waals surface area contributed by atoms with Gasteiger partial charge < -0.3 is 9.80 Å². The molecule has 6 rings (SSSR count). The summed E-state index contributed by atoms with van der Waals surface area (Å²) in [6.07, 6.45) is 0. The van der Waals surface area contributed by atoms with E-state index in [1.807, 2.05) is 32.0 Å². The minimum absolute atomic E-state index is 0.0666. The van der Waals surface area contributed by atoms with E-state index < -0.39 is 20.2 Å². The molecule has 0 saturated carbocycles. The molecular weight excluding hydrogens is 601 g/mol. The molecule has 1 aromatic heterocycles. The summed E-state index contributed by atoms with van der Waals surface area (Å²) in [6, 6.07) is 26.4. The number of fused-ring (bicyclic) bond motifs is 1. The fraction of sp³-hybridized carbons (Fsp3) is 0.312. The molecule has 2 aliphatic rings. The molecule has 3 aromatic carbocycles. The summed E-state index contributed by atoms with van der Waals surface area (Å²) in [6.45, 7) is 11.9. The molecule has 0 spiro atoms. The highest BCUT2D eigenvalue weighted by atomic mass is 32.2. The second-order valence-corrected chi connectivity index (χ2v) is 13.8. The number of nitrogens with zero attached hydrogens (tertiary/aromatic N) is 4. The van der Waals surface area contributed by atoms with E-state index in [0.717, 1.165) is 53.1 Å². The summed E-state index contributed by atoms with van der Waals surface area (Å²) in [7, 11) is -8.04. The summed E-state index contributed by atoms with van der Waals surface area (Å²) >= 11 is 0. The number of aryl methyl sites for hydroxylation is 2. The number of anilines is 1. The van der Waals surface area contributed by atoms with Gasteiger partial charge in [0, 0.05) is 31.7 Å². The number of hydrogen-bond donors (Lipinski definition) is 2. The fourth-order valence-corrected chi connectivity index (χ4v) is 6.17. The van der Waals surface area contributed by atoms with Gasteiger partial charge in [-0.3, -0.25) is 9.11 Å². The molecule has 0 unspecified atom stereocenters. The first-order valence-electron chi connectivity index (χ1n) is 14.3. The summed E-state index contributed by atoms with van der Waals surface area (Å²) in [4.78, 5) is 4.84. The normalized spacial score (nSPS) is 18.1. The molecule has 0 amide bonds. The highest BCUT2D eigenvalue weighted by molar-refractivity contribution is 7.86. The van der Waals surface area contributed by atoms with Gasteiger partial charge in [0.05, 0.1) is 15.5 Å². The smallest absolute Gasteiger partial charge is 0.294 e. The standard InChI is InChI=1S/C18H22N4.2C7H8O3S/c1-2-21-10-15-12-22(13-16(15)11-21)18-9-8-17(19-20-18)14-6-4-3-5-7-14;2*1-6-2-4-7(5-3-6)11(8,9)10/h3-9,15-16H,2,10-13H2,1H3;2*2-5H,1H3,(H,8,9,10)/t15-,16+;;. The molecule has 2 saturated heterocycles. The molecule has 44 heavy (non-hydrogen) atoms. The van der Waals surface area contributed by atoms with E-state index in [-0.39, 0.29) is 9.79 Å². The Labute approximate surface area is 259 Å². The minimum atomic E-state index is -4.02. The second-order valence-electron chi connectivity index (χ2n) is 11.0. The summed E-state index contributed by atoms with van der Waals surface area (Å²) in [5.41, 5.74) is 3.98. The van der Waals surface area contributed by atoms with Gasteiger partial charge in [-0.05, 0) is 68.6 Å². The maximum absolute atomic E-state index is 10.5. The van der Waals surface area contributed by atoms with Crippen LogP contribution in [0, 0.1) is 25.7 Å². The Bertz CT molecular complexity index is 1630. The van der Waals surface area contributed by atoms with Crippen molar-refractivity contribution in [2.24, 2.45) is 11.8 Å². The SMILES string of the molecule is CCN1C[C@@H]2CN(c3ccc(-c4ccccc4)nn3)C[C@@H]2C1.Cc1ccc(S(=O)(=O)O)cc1.Cc1ccc(S(=O)(=O)O)cc1. The number of benzene rings is 3. The van der Waals surface area contributed by atoms with Gasteiger partial charge in [0.2, 0.25) is 0 Å². The van der Waals surface area contributed by atoms with Gasteiger partial charge in [0.1, 0.15) is 0 Å². The van der Waals surface area contributed by atoms with Crippen LogP contribution in [0.5, 0.6) is 0 Å². The summed E-state index contributed by atoms with van der Waals surface area (Å²) in [5.74, 6) is 2.63. The molecule has 0 bridgehead atoms. The zero-order chi connectivity index (χ0) is 31.9. The number of likely N-dealkylation sites (tertiary alicyclic amines) is 1. The highest BCUT2D eigenvalue weighted by Gasteiger charge is 2.39. The zero-order valence-corrected chi connectivity index (χ0v) is 26.6. The van der Waals surface area contributed by atoms with E-state index in [4.69, 9.17) is 9.11 Å². The highest BCUT2D eigenvalue weighted by Crippen LogP contribution is 2.33. The van der Waals surface area contributed by atoms with E-state index in [1.165, 1.54) is 43.9 Å². The Morgan fingerprint density at radius 1 is 0.659 bits per heavy atom. The molecular formula is C32H38N4O6S2. The third-order valence-electron chi connectivity index (χ3n) is 7.69. The lowest BCUT2D eigenvalue weighted by Gasteiger charge is -2.21. The van der Waals surface area contributed by atoms with Crippen LogP contribution in [-0.2, 0) is 20.2 Å². The van der Waals surface area contributed by atoms with Gasteiger partial charge in [0.15, 0.2) is 5.82 Å². The largest absolute Gasteiger partial charge is 0.354 e. The van der Waals surface area contributed by atoms with Crippen LogP contribution < -0.4 is 4.90 Å². The molecule has 12 heteroatoms. The lowest BCUT2D eigenvalue weighted by atomic mass is 10.0. The van der Waals surface area contributed by atoms with Crippen LogP contribution in [0.3, 0.4) is 0 Å². The van der Waals surface area contributed by atoms with E-state index >= 15 is 0 Å². The zero-order valence-electron chi connectivity index (χ0n) is 25.0. The maximum Gasteiger partial charge on any atom is 0.294 e. The third-order valence-corrected chi connectivity index (χ3v) is 9.43. The third kappa shape index (κ3) is 9.16. The maximum atomic E-state index is 10.5. The van der Waals surface area contributed by atoms with Crippen molar-refractivity contribution in [3.05, 3.63) is 102 Å². The molecule has 2 fully saturated rings.